The maximum atomic E-state index is 11.3. The number of aliphatic hydroxyl groups excluding tert-OH is 1. The highest BCUT2D eigenvalue weighted by Gasteiger charge is 2.33. The van der Waals surface area contributed by atoms with Gasteiger partial charge in [0, 0.05) is 13.0 Å². The van der Waals surface area contributed by atoms with Crippen molar-refractivity contribution >= 4 is 5.91 Å². The van der Waals surface area contributed by atoms with E-state index >= 15 is 0 Å². The molecule has 0 bridgehead atoms. The van der Waals surface area contributed by atoms with Gasteiger partial charge in [-0.2, -0.15) is 0 Å². The van der Waals surface area contributed by atoms with Gasteiger partial charge in [0.05, 0.1) is 6.61 Å². The van der Waals surface area contributed by atoms with Crippen molar-refractivity contribution in [3.8, 4) is 0 Å². The molecule has 5 heteroatoms. The van der Waals surface area contributed by atoms with Crippen LogP contribution in [0.5, 0.6) is 0 Å². The van der Waals surface area contributed by atoms with Crippen LogP contribution in [-0.2, 0) is 14.3 Å². The average molecular weight is 271 g/mol. The van der Waals surface area contributed by atoms with Gasteiger partial charge in [0.15, 0.2) is 5.76 Å². The van der Waals surface area contributed by atoms with Gasteiger partial charge in [-0.1, -0.05) is 20.8 Å². The zero-order valence-electron chi connectivity index (χ0n) is 12.0. The van der Waals surface area contributed by atoms with Crippen LogP contribution in [0.25, 0.3) is 0 Å². The second-order valence-corrected chi connectivity index (χ2v) is 5.95. The summed E-state index contributed by atoms with van der Waals surface area (Å²) in [5.74, 6) is -0.178. The number of unbranched alkanes of at least 4 members (excludes halogenated alkanes) is 1. The quantitative estimate of drug-likeness (QED) is 0.718. The van der Waals surface area contributed by atoms with Crippen LogP contribution in [0.3, 0.4) is 0 Å². The van der Waals surface area contributed by atoms with E-state index in [0.29, 0.717) is 19.4 Å². The van der Waals surface area contributed by atoms with Crippen LogP contribution in [-0.4, -0.2) is 30.5 Å². The molecule has 0 aromatic carbocycles. The van der Waals surface area contributed by atoms with Crippen molar-refractivity contribution < 1.29 is 19.4 Å². The number of amides is 1. The van der Waals surface area contributed by atoms with Gasteiger partial charge >= 0.3 is 0 Å². The minimum absolute atomic E-state index is 0.0250. The number of carbonyl (C=O) groups excluding carboxylic acids is 1. The number of hydrogen-bond donors (Lipinski definition) is 2. The van der Waals surface area contributed by atoms with Crippen molar-refractivity contribution in [2.45, 2.75) is 46.3 Å². The molecule has 0 saturated heterocycles. The fourth-order valence-electron chi connectivity index (χ4n) is 1.96. The Morgan fingerprint density at radius 3 is 2.74 bits per heavy atom. The minimum atomic E-state index is -0.557. The average Bonchev–Trinajstić information content (AvgIpc) is 2.33. The summed E-state index contributed by atoms with van der Waals surface area (Å²) in [6.07, 6.45) is 3.55. The predicted octanol–water partition coefficient (Wildman–Crippen LogP) is 1.55. The Morgan fingerprint density at radius 2 is 2.21 bits per heavy atom. The van der Waals surface area contributed by atoms with Crippen LogP contribution in [0.15, 0.2) is 11.8 Å². The van der Waals surface area contributed by atoms with E-state index < -0.39 is 12.2 Å². The van der Waals surface area contributed by atoms with Crippen molar-refractivity contribution in [2.24, 2.45) is 17.1 Å². The molecule has 3 N–H and O–H groups in total. The molecule has 0 aromatic rings. The van der Waals surface area contributed by atoms with Crippen molar-refractivity contribution in [1.29, 1.82) is 0 Å². The molecule has 0 aromatic heterocycles. The maximum absolute atomic E-state index is 11.3. The number of aliphatic hydroxyl groups is 1. The van der Waals surface area contributed by atoms with Gasteiger partial charge in [-0.15, -0.1) is 0 Å². The van der Waals surface area contributed by atoms with Crippen LogP contribution >= 0.6 is 0 Å². The second kappa shape index (κ2) is 6.91. The second-order valence-electron chi connectivity index (χ2n) is 5.95. The summed E-state index contributed by atoms with van der Waals surface area (Å²) in [5, 5.41) is 8.71. The largest absolute Gasteiger partial charge is 0.459 e. The molecule has 1 heterocycles. The van der Waals surface area contributed by atoms with Crippen molar-refractivity contribution in [2.75, 3.05) is 13.2 Å². The molecule has 0 spiro atoms. The Balaban J connectivity index is 2.62. The SMILES string of the molecule is CC(C)(C)[C@@H]1C=C(C(N)=O)O[C@H](OCCCCO)C1. The van der Waals surface area contributed by atoms with Crippen LogP contribution in [0, 0.1) is 11.3 Å². The smallest absolute Gasteiger partial charge is 0.283 e. The lowest BCUT2D eigenvalue weighted by atomic mass is 9.77. The summed E-state index contributed by atoms with van der Waals surface area (Å²) in [7, 11) is 0. The van der Waals surface area contributed by atoms with Crippen LogP contribution < -0.4 is 5.73 Å². The lowest BCUT2D eigenvalue weighted by molar-refractivity contribution is -0.151. The first-order chi connectivity index (χ1) is 8.84. The van der Waals surface area contributed by atoms with E-state index in [9.17, 15) is 4.79 Å². The maximum Gasteiger partial charge on any atom is 0.283 e. The standard InChI is InChI=1S/C14H25NO4/c1-14(2,3)10-8-11(13(15)17)19-12(9-10)18-7-5-4-6-16/h8,10,12,16H,4-7,9H2,1-3H3,(H2,15,17)/t10-,12+/m1/s1. The van der Waals surface area contributed by atoms with Crippen molar-refractivity contribution in [1.82, 2.24) is 0 Å². The van der Waals surface area contributed by atoms with E-state index in [2.05, 4.69) is 20.8 Å². The molecule has 1 aliphatic rings. The molecule has 0 fully saturated rings. The number of rotatable bonds is 6. The third-order valence-electron chi connectivity index (χ3n) is 3.27. The number of hydrogen-bond acceptors (Lipinski definition) is 4. The van der Waals surface area contributed by atoms with Gasteiger partial charge in [-0.25, -0.2) is 0 Å². The van der Waals surface area contributed by atoms with E-state index in [0.717, 1.165) is 6.42 Å². The first-order valence-electron chi connectivity index (χ1n) is 6.75. The van der Waals surface area contributed by atoms with E-state index in [4.69, 9.17) is 20.3 Å². The van der Waals surface area contributed by atoms with E-state index in [1.807, 2.05) is 0 Å². The molecule has 0 aliphatic carbocycles. The normalized spacial score (nSPS) is 23.7. The highest BCUT2D eigenvalue weighted by Crippen LogP contribution is 2.36. The van der Waals surface area contributed by atoms with Crippen LogP contribution in [0.2, 0.25) is 0 Å². The summed E-state index contributed by atoms with van der Waals surface area (Å²) in [4.78, 5) is 11.3. The van der Waals surface area contributed by atoms with Crippen molar-refractivity contribution in [3.63, 3.8) is 0 Å². The van der Waals surface area contributed by atoms with Crippen molar-refractivity contribution in [3.05, 3.63) is 11.8 Å². The molecule has 0 radical (unpaired) electrons. The van der Waals surface area contributed by atoms with E-state index in [1.165, 1.54) is 0 Å². The minimum Gasteiger partial charge on any atom is -0.459 e. The molecule has 1 rings (SSSR count). The van der Waals surface area contributed by atoms with Gasteiger partial charge in [0.1, 0.15) is 0 Å². The number of nitrogens with two attached hydrogens (primary N) is 1. The molecular weight excluding hydrogens is 246 g/mol. The first kappa shape index (κ1) is 16.0. The Morgan fingerprint density at radius 1 is 1.53 bits per heavy atom. The highest BCUT2D eigenvalue weighted by molar-refractivity contribution is 5.90. The van der Waals surface area contributed by atoms with Gasteiger partial charge < -0.3 is 20.3 Å². The lowest BCUT2D eigenvalue weighted by Gasteiger charge is -2.35. The molecule has 19 heavy (non-hydrogen) atoms. The molecule has 0 saturated carbocycles. The number of primary amides is 1. The number of ether oxygens (including phenoxy) is 2. The first-order valence-corrected chi connectivity index (χ1v) is 6.75. The molecule has 5 nitrogen and oxygen atoms in total. The lowest BCUT2D eigenvalue weighted by Crippen LogP contribution is -2.34. The van der Waals surface area contributed by atoms with Crippen LogP contribution in [0.1, 0.15) is 40.0 Å². The third kappa shape index (κ3) is 5.20. The fraction of sp³-hybridized carbons (Fsp3) is 0.786. The molecular formula is C14H25NO4. The Bertz CT molecular complexity index is 333. The third-order valence-corrected chi connectivity index (χ3v) is 3.27. The Kier molecular flexibility index (Phi) is 5.82. The number of allylic oxidation sites excluding steroid dienone is 1. The summed E-state index contributed by atoms with van der Waals surface area (Å²) < 4.78 is 11.1. The highest BCUT2D eigenvalue weighted by atomic mass is 16.7. The van der Waals surface area contributed by atoms with Gasteiger partial charge in [-0.05, 0) is 30.3 Å². The monoisotopic (exact) mass is 271 g/mol. The summed E-state index contributed by atoms with van der Waals surface area (Å²) in [5.41, 5.74) is 5.32. The molecule has 1 aliphatic heterocycles. The van der Waals surface area contributed by atoms with Gasteiger partial charge in [-0.3, -0.25) is 4.79 Å². The van der Waals surface area contributed by atoms with E-state index in [-0.39, 0.29) is 23.7 Å². The van der Waals surface area contributed by atoms with Crippen LogP contribution in [0.4, 0.5) is 0 Å². The summed E-state index contributed by atoms with van der Waals surface area (Å²) >= 11 is 0. The molecule has 2 atom stereocenters. The topological polar surface area (TPSA) is 81.8 Å². The summed E-state index contributed by atoms with van der Waals surface area (Å²) in [6.45, 7) is 7.00. The predicted molar refractivity (Wildman–Crippen MR) is 72.0 cm³/mol. The summed E-state index contributed by atoms with van der Waals surface area (Å²) in [6, 6.07) is 0. The zero-order valence-corrected chi connectivity index (χ0v) is 12.0. The Hall–Kier alpha value is -1.07. The molecule has 1 amide bonds. The number of carbonyl (C=O) groups is 1. The van der Waals surface area contributed by atoms with Gasteiger partial charge in [0.2, 0.25) is 6.29 Å². The molecule has 110 valence electrons. The Labute approximate surface area is 114 Å². The fourth-order valence-corrected chi connectivity index (χ4v) is 1.96. The van der Waals surface area contributed by atoms with E-state index in [1.54, 1.807) is 6.08 Å². The molecule has 0 unspecified atom stereocenters. The van der Waals surface area contributed by atoms with Gasteiger partial charge in [0.25, 0.3) is 5.91 Å². The zero-order chi connectivity index (χ0) is 14.5.